The van der Waals surface area contributed by atoms with Gasteiger partial charge in [-0.3, -0.25) is 9.97 Å². The van der Waals surface area contributed by atoms with Crippen molar-refractivity contribution < 1.29 is 9.47 Å². The number of benzene rings is 1. The summed E-state index contributed by atoms with van der Waals surface area (Å²) in [5.74, 6) is 0.911. The van der Waals surface area contributed by atoms with Gasteiger partial charge in [-0.15, -0.1) is 0 Å². The molecule has 0 radical (unpaired) electrons. The van der Waals surface area contributed by atoms with E-state index in [1.807, 2.05) is 36.7 Å². The molecule has 126 valence electrons. The highest BCUT2D eigenvalue weighted by molar-refractivity contribution is 7.97. The van der Waals surface area contributed by atoms with Gasteiger partial charge < -0.3 is 9.47 Å². The van der Waals surface area contributed by atoms with E-state index in [2.05, 4.69) is 34.2 Å². The van der Waals surface area contributed by atoms with Gasteiger partial charge in [-0.1, -0.05) is 12.1 Å². The van der Waals surface area contributed by atoms with Crippen LogP contribution in [0.3, 0.4) is 0 Å². The topological polar surface area (TPSA) is 44.2 Å². The summed E-state index contributed by atoms with van der Waals surface area (Å²) in [5.41, 5.74) is 0. The Morgan fingerprint density at radius 1 is 0.920 bits per heavy atom. The Morgan fingerprint density at radius 3 is 2.24 bits per heavy atom. The van der Waals surface area contributed by atoms with Crippen molar-refractivity contribution >= 4 is 10.9 Å². The van der Waals surface area contributed by atoms with Gasteiger partial charge in [0.25, 0.3) is 0 Å². The van der Waals surface area contributed by atoms with E-state index in [1.54, 1.807) is 12.4 Å². The smallest absolute Gasteiger partial charge is 0.208 e. The highest BCUT2D eigenvalue weighted by Crippen LogP contribution is 2.36. The lowest BCUT2D eigenvalue weighted by molar-refractivity contribution is 0.139. The van der Waals surface area contributed by atoms with Gasteiger partial charge in [0.15, 0.2) is 15.5 Å². The SMILES string of the molecule is c1cncc([S+](c2cccnc2)c2ccccc2OC2CCOC2)c1. The van der Waals surface area contributed by atoms with Gasteiger partial charge in [-0.2, -0.15) is 0 Å². The predicted molar refractivity (Wildman–Crippen MR) is 96.9 cm³/mol. The lowest BCUT2D eigenvalue weighted by Crippen LogP contribution is -2.18. The second-order valence-corrected chi connectivity index (χ2v) is 7.73. The maximum absolute atomic E-state index is 6.27. The number of ether oxygens (including phenoxy) is 2. The molecule has 5 heteroatoms. The molecule has 1 unspecified atom stereocenters. The molecule has 0 spiro atoms. The molecule has 1 saturated heterocycles. The summed E-state index contributed by atoms with van der Waals surface area (Å²) >= 11 is 0. The van der Waals surface area contributed by atoms with Crippen molar-refractivity contribution in [1.82, 2.24) is 9.97 Å². The van der Waals surface area contributed by atoms with Gasteiger partial charge in [0, 0.05) is 18.8 Å². The monoisotopic (exact) mass is 351 g/mol. The summed E-state index contributed by atoms with van der Waals surface area (Å²) < 4.78 is 11.7. The largest absolute Gasteiger partial charge is 0.483 e. The molecule has 4 rings (SSSR count). The molecule has 3 aromatic rings. The Balaban J connectivity index is 1.77. The van der Waals surface area contributed by atoms with Crippen LogP contribution >= 0.6 is 0 Å². The minimum atomic E-state index is -0.317. The van der Waals surface area contributed by atoms with Gasteiger partial charge >= 0.3 is 0 Å². The average molecular weight is 351 g/mol. The molecule has 0 saturated carbocycles. The molecule has 0 amide bonds. The second kappa shape index (κ2) is 7.68. The van der Waals surface area contributed by atoms with Crippen LogP contribution in [-0.4, -0.2) is 29.3 Å². The van der Waals surface area contributed by atoms with Gasteiger partial charge in [0.1, 0.15) is 17.0 Å². The third-order valence-electron chi connectivity index (χ3n) is 3.99. The van der Waals surface area contributed by atoms with Crippen molar-refractivity contribution in [3.8, 4) is 5.75 Å². The maximum atomic E-state index is 6.27. The normalized spacial score (nSPS) is 16.9. The Labute approximate surface area is 150 Å². The minimum Gasteiger partial charge on any atom is -0.483 e. The standard InChI is InChI=1S/C20H19N2O2S/c1-2-8-20(19(7-1)24-16-9-12-23-15-16)25(17-5-3-10-21-13-17)18-6-4-11-22-14-18/h1-8,10-11,13-14,16H,9,12,15H2/q+1. The van der Waals surface area contributed by atoms with Gasteiger partial charge in [0.05, 0.1) is 25.6 Å². The van der Waals surface area contributed by atoms with Crippen LogP contribution in [0.25, 0.3) is 0 Å². The number of hydrogen-bond donors (Lipinski definition) is 0. The van der Waals surface area contributed by atoms with Crippen molar-refractivity contribution in [3.05, 3.63) is 73.3 Å². The molecule has 1 fully saturated rings. The summed E-state index contributed by atoms with van der Waals surface area (Å²) in [5, 5.41) is 0. The number of para-hydroxylation sites is 1. The summed E-state index contributed by atoms with van der Waals surface area (Å²) in [6.07, 6.45) is 8.49. The predicted octanol–water partition coefficient (Wildman–Crippen LogP) is 3.74. The van der Waals surface area contributed by atoms with E-state index in [1.165, 1.54) is 0 Å². The van der Waals surface area contributed by atoms with Crippen LogP contribution in [0.5, 0.6) is 5.75 Å². The molecular formula is C20H19N2O2S+. The molecule has 1 atom stereocenters. The van der Waals surface area contributed by atoms with E-state index in [9.17, 15) is 0 Å². The highest BCUT2D eigenvalue weighted by atomic mass is 32.2. The first kappa shape index (κ1) is 16.1. The first-order chi connectivity index (χ1) is 12.4. The number of nitrogens with zero attached hydrogens (tertiary/aromatic N) is 2. The third kappa shape index (κ3) is 3.67. The zero-order chi connectivity index (χ0) is 16.9. The van der Waals surface area contributed by atoms with E-state index in [4.69, 9.17) is 9.47 Å². The van der Waals surface area contributed by atoms with E-state index in [0.29, 0.717) is 6.61 Å². The molecule has 2 aromatic heterocycles. The average Bonchev–Trinajstić information content (AvgIpc) is 3.18. The van der Waals surface area contributed by atoms with Crippen LogP contribution in [0.15, 0.2) is 88.0 Å². The fraction of sp³-hybridized carbons (Fsp3) is 0.200. The van der Waals surface area contributed by atoms with Crippen molar-refractivity contribution in [3.63, 3.8) is 0 Å². The summed E-state index contributed by atoms with van der Waals surface area (Å²) in [4.78, 5) is 12.1. The molecule has 0 bridgehead atoms. The molecule has 1 aromatic carbocycles. The Kier molecular flexibility index (Phi) is 4.95. The molecule has 1 aliphatic heterocycles. The number of rotatable bonds is 5. The fourth-order valence-electron chi connectivity index (χ4n) is 2.83. The van der Waals surface area contributed by atoms with Crippen LogP contribution in [0.4, 0.5) is 0 Å². The van der Waals surface area contributed by atoms with Gasteiger partial charge in [-0.25, -0.2) is 0 Å². The van der Waals surface area contributed by atoms with E-state index < -0.39 is 0 Å². The summed E-state index contributed by atoms with van der Waals surface area (Å²) in [7, 11) is -0.317. The van der Waals surface area contributed by atoms with Crippen molar-refractivity contribution in [2.24, 2.45) is 0 Å². The van der Waals surface area contributed by atoms with Crippen LogP contribution in [0.2, 0.25) is 0 Å². The highest BCUT2D eigenvalue weighted by Gasteiger charge is 2.33. The van der Waals surface area contributed by atoms with Crippen molar-refractivity contribution in [2.45, 2.75) is 27.2 Å². The van der Waals surface area contributed by atoms with Crippen molar-refractivity contribution in [2.75, 3.05) is 13.2 Å². The summed E-state index contributed by atoms with van der Waals surface area (Å²) in [6, 6.07) is 16.4. The zero-order valence-corrected chi connectivity index (χ0v) is 14.6. The Bertz CT molecular complexity index is 769. The molecule has 0 aliphatic carbocycles. The van der Waals surface area contributed by atoms with E-state index in [-0.39, 0.29) is 17.0 Å². The molecule has 25 heavy (non-hydrogen) atoms. The van der Waals surface area contributed by atoms with Crippen LogP contribution in [0.1, 0.15) is 6.42 Å². The van der Waals surface area contributed by atoms with Crippen molar-refractivity contribution in [1.29, 1.82) is 0 Å². The molecule has 1 aliphatic rings. The summed E-state index contributed by atoms with van der Waals surface area (Å²) in [6.45, 7) is 1.42. The molecule has 0 N–H and O–H groups in total. The number of pyridine rings is 2. The van der Waals surface area contributed by atoms with Gasteiger partial charge in [0.2, 0.25) is 4.90 Å². The quantitative estimate of drug-likeness (QED) is 0.657. The number of aromatic nitrogens is 2. The second-order valence-electron chi connectivity index (χ2n) is 5.73. The third-order valence-corrected chi connectivity index (χ3v) is 6.19. The Hall–Kier alpha value is -2.37. The Morgan fingerprint density at radius 2 is 1.64 bits per heavy atom. The minimum absolute atomic E-state index is 0.120. The van der Waals surface area contributed by atoms with E-state index in [0.717, 1.165) is 33.5 Å². The maximum Gasteiger partial charge on any atom is 0.208 e. The molecular weight excluding hydrogens is 332 g/mol. The van der Waals surface area contributed by atoms with Crippen LogP contribution in [0, 0.1) is 0 Å². The fourth-order valence-corrected chi connectivity index (χ4v) is 4.90. The molecule has 4 nitrogen and oxygen atoms in total. The first-order valence-corrected chi connectivity index (χ1v) is 9.52. The number of hydrogen-bond acceptors (Lipinski definition) is 4. The molecule has 3 heterocycles. The zero-order valence-electron chi connectivity index (χ0n) is 13.7. The lowest BCUT2D eigenvalue weighted by Gasteiger charge is -2.15. The van der Waals surface area contributed by atoms with Crippen LogP contribution in [-0.2, 0) is 15.6 Å². The van der Waals surface area contributed by atoms with E-state index >= 15 is 0 Å². The van der Waals surface area contributed by atoms with Crippen LogP contribution < -0.4 is 4.74 Å². The van der Waals surface area contributed by atoms with Gasteiger partial charge in [-0.05, 0) is 36.4 Å². The lowest BCUT2D eigenvalue weighted by atomic mass is 10.3. The first-order valence-electron chi connectivity index (χ1n) is 8.29.